The largest absolute Gasteiger partial charge is 0.294 e. The molecule has 3 N–H and O–H groups in total. The van der Waals surface area contributed by atoms with Gasteiger partial charge < -0.3 is 0 Å². The second-order valence-corrected chi connectivity index (χ2v) is 4.85. The first-order chi connectivity index (χ1) is 7.31. The topological polar surface area (TPSA) is 68.0 Å². The molecule has 1 amide bonds. The summed E-state index contributed by atoms with van der Waals surface area (Å²) in [6.07, 6.45) is 5.79. The molecule has 1 aliphatic carbocycles. The van der Waals surface area contributed by atoms with Crippen molar-refractivity contribution in [2.24, 2.45) is 11.8 Å². The predicted octanol–water partition coefficient (Wildman–Crippen LogP) is 1.41. The highest BCUT2D eigenvalue weighted by Gasteiger charge is 2.27. The lowest BCUT2D eigenvalue weighted by Gasteiger charge is -2.25. The minimum absolute atomic E-state index is 0.0208. The van der Waals surface area contributed by atoms with Crippen LogP contribution in [-0.4, -0.2) is 10.9 Å². The fourth-order valence-corrected chi connectivity index (χ4v) is 2.97. The van der Waals surface area contributed by atoms with Crippen molar-refractivity contribution in [2.45, 2.75) is 31.6 Å². The van der Waals surface area contributed by atoms with Crippen molar-refractivity contribution in [3.63, 3.8) is 0 Å². The molecule has 2 rings (SSSR count). The van der Waals surface area contributed by atoms with E-state index in [9.17, 15) is 4.79 Å². The highest BCUT2D eigenvalue weighted by molar-refractivity contribution is 7.09. The van der Waals surface area contributed by atoms with Crippen molar-refractivity contribution >= 4 is 17.2 Å². The molecule has 82 valence electrons. The average Bonchev–Trinajstić information content (AvgIpc) is 2.82. The molecular formula is C10H15N3OS. The highest BCUT2D eigenvalue weighted by Crippen LogP contribution is 2.36. The van der Waals surface area contributed by atoms with Crippen molar-refractivity contribution in [3.8, 4) is 0 Å². The lowest BCUT2D eigenvalue weighted by atomic mass is 9.82. The van der Waals surface area contributed by atoms with Crippen LogP contribution in [0.25, 0.3) is 0 Å². The average molecular weight is 225 g/mol. The van der Waals surface area contributed by atoms with Crippen LogP contribution in [-0.2, 0) is 4.79 Å². The molecule has 0 atom stereocenters. The zero-order chi connectivity index (χ0) is 10.7. The van der Waals surface area contributed by atoms with Gasteiger partial charge in [-0.05, 0) is 25.7 Å². The van der Waals surface area contributed by atoms with E-state index in [4.69, 9.17) is 5.84 Å². The molecule has 0 aliphatic heterocycles. The smallest absolute Gasteiger partial charge is 0.236 e. The molecule has 0 radical (unpaired) electrons. The normalized spacial score (nSPS) is 26.2. The van der Waals surface area contributed by atoms with E-state index in [1.807, 2.05) is 11.6 Å². The van der Waals surface area contributed by atoms with Crippen LogP contribution in [0.4, 0.5) is 0 Å². The molecule has 0 saturated heterocycles. The summed E-state index contributed by atoms with van der Waals surface area (Å²) in [7, 11) is 0. The third-order valence-electron chi connectivity index (χ3n) is 3.04. The Bertz CT molecular complexity index is 317. The first-order valence-corrected chi connectivity index (χ1v) is 6.09. The Kier molecular flexibility index (Phi) is 3.33. The monoisotopic (exact) mass is 225 g/mol. The molecule has 1 aromatic heterocycles. The minimum Gasteiger partial charge on any atom is -0.294 e. The van der Waals surface area contributed by atoms with Crippen molar-refractivity contribution < 1.29 is 4.79 Å². The van der Waals surface area contributed by atoms with Crippen LogP contribution < -0.4 is 11.3 Å². The third kappa shape index (κ3) is 2.35. The summed E-state index contributed by atoms with van der Waals surface area (Å²) >= 11 is 1.71. The molecule has 5 heteroatoms. The number of rotatable bonds is 2. The lowest BCUT2D eigenvalue weighted by Crippen LogP contribution is -2.37. The first kappa shape index (κ1) is 10.6. The molecule has 15 heavy (non-hydrogen) atoms. The third-order valence-corrected chi connectivity index (χ3v) is 3.98. The van der Waals surface area contributed by atoms with Gasteiger partial charge in [-0.3, -0.25) is 10.2 Å². The molecule has 0 bridgehead atoms. The zero-order valence-corrected chi connectivity index (χ0v) is 9.30. The van der Waals surface area contributed by atoms with Crippen LogP contribution >= 0.6 is 11.3 Å². The van der Waals surface area contributed by atoms with Gasteiger partial charge in [-0.15, -0.1) is 11.3 Å². The second-order valence-electron chi connectivity index (χ2n) is 3.93. The number of nitrogens with zero attached hydrogens (tertiary/aromatic N) is 1. The van der Waals surface area contributed by atoms with E-state index in [-0.39, 0.29) is 11.8 Å². The van der Waals surface area contributed by atoms with Crippen LogP contribution in [0.15, 0.2) is 11.6 Å². The number of carbonyl (C=O) groups excluding carboxylic acids is 1. The van der Waals surface area contributed by atoms with E-state index < -0.39 is 0 Å². The van der Waals surface area contributed by atoms with Gasteiger partial charge in [0, 0.05) is 23.4 Å². The van der Waals surface area contributed by atoms with Crippen molar-refractivity contribution in [1.29, 1.82) is 0 Å². The van der Waals surface area contributed by atoms with Gasteiger partial charge in [0.2, 0.25) is 5.91 Å². The number of amides is 1. The number of carbonyl (C=O) groups is 1. The Morgan fingerprint density at radius 3 is 2.73 bits per heavy atom. The number of hydrogen-bond donors (Lipinski definition) is 2. The Labute approximate surface area is 92.9 Å². The predicted molar refractivity (Wildman–Crippen MR) is 59.1 cm³/mol. The van der Waals surface area contributed by atoms with E-state index in [1.54, 1.807) is 11.3 Å². The van der Waals surface area contributed by atoms with Gasteiger partial charge in [0.15, 0.2) is 0 Å². The number of thiazole rings is 1. The lowest BCUT2D eigenvalue weighted by molar-refractivity contribution is -0.126. The fraction of sp³-hybridized carbons (Fsp3) is 0.600. The van der Waals surface area contributed by atoms with Crippen LogP contribution in [0.5, 0.6) is 0 Å². The second kappa shape index (κ2) is 4.72. The molecule has 1 aliphatic rings. The van der Waals surface area contributed by atoms with Crippen LogP contribution in [0.3, 0.4) is 0 Å². The SMILES string of the molecule is NNC(=O)C1CCC(c2nccs2)CC1. The van der Waals surface area contributed by atoms with E-state index in [0.29, 0.717) is 5.92 Å². The van der Waals surface area contributed by atoms with Gasteiger partial charge in [-0.2, -0.15) is 0 Å². The molecule has 1 heterocycles. The van der Waals surface area contributed by atoms with Crippen LogP contribution in [0, 0.1) is 5.92 Å². The van der Waals surface area contributed by atoms with Gasteiger partial charge in [0.1, 0.15) is 0 Å². The maximum atomic E-state index is 11.3. The van der Waals surface area contributed by atoms with E-state index in [0.717, 1.165) is 25.7 Å². The molecule has 4 nitrogen and oxygen atoms in total. The standard InChI is InChI=1S/C10H15N3OS/c11-13-9(14)7-1-3-8(4-2-7)10-12-5-6-15-10/h5-8H,1-4,11H2,(H,13,14). The number of aromatic nitrogens is 1. The Hall–Kier alpha value is -0.940. The van der Waals surface area contributed by atoms with Gasteiger partial charge in [0.25, 0.3) is 0 Å². The van der Waals surface area contributed by atoms with E-state index >= 15 is 0 Å². The van der Waals surface area contributed by atoms with Crippen LogP contribution in [0.2, 0.25) is 0 Å². The highest BCUT2D eigenvalue weighted by atomic mass is 32.1. The maximum absolute atomic E-state index is 11.3. The Balaban J connectivity index is 1.90. The van der Waals surface area contributed by atoms with E-state index in [1.165, 1.54) is 5.01 Å². The molecule has 1 saturated carbocycles. The molecule has 1 aromatic rings. The number of nitrogens with one attached hydrogen (secondary N) is 1. The van der Waals surface area contributed by atoms with Crippen molar-refractivity contribution in [2.75, 3.05) is 0 Å². The van der Waals surface area contributed by atoms with Crippen LogP contribution in [0.1, 0.15) is 36.6 Å². The summed E-state index contributed by atoms with van der Waals surface area (Å²) in [5.74, 6) is 5.75. The number of hydrogen-bond acceptors (Lipinski definition) is 4. The van der Waals surface area contributed by atoms with Crippen molar-refractivity contribution in [1.82, 2.24) is 10.4 Å². The fourth-order valence-electron chi connectivity index (χ4n) is 2.16. The van der Waals surface area contributed by atoms with Crippen molar-refractivity contribution in [3.05, 3.63) is 16.6 Å². The molecule has 0 unspecified atom stereocenters. The van der Waals surface area contributed by atoms with Gasteiger partial charge in [-0.1, -0.05) is 0 Å². The van der Waals surface area contributed by atoms with Gasteiger partial charge in [-0.25, -0.2) is 10.8 Å². The quantitative estimate of drug-likeness (QED) is 0.454. The summed E-state index contributed by atoms with van der Waals surface area (Å²) in [5.41, 5.74) is 2.23. The van der Waals surface area contributed by atoms with Gasteiger partial charge in [0.05, 0.1) is 5.01 Å². The van der Waals surface area contributed by atoms with E-state index in [2.05, 4.69) is 10.4 Å². The molecular weight excluding hydrogens is 210 g/mol. The zero-order valence-electron chi connectivity index (χ0n) is 8.48. The molecule has 0 aromatic carbocycles. The number of nitrogens with two attached hydrogens (primary N) is 1. The first-order valence-electron chi connectivity index (χ1n) is 5.21. The summed E-state index contributed by atoms with van der Waals surface area (Å²) in [6.45, 7) is 0. The molecule has 0 spiro atoms. The summed E-state index contributed by atoms with van der Waals surface area (Å²) in [4.78, 5) is 15.6. The Morgan fingerprint density at radius 2 is 2.20 bits per heavy atom. The maximum Gasteiger partial charge on any atom is 0.236 e. The summed E-state index contributed by atoms with van der Waals surface area (Å²) in [6, 6.07) is 0. The summed E-state index contributed by atoms with van der Waals surface area (Å²) < 4.78 is 0. The molecule has 1 fully saturated rings. The minimum atomic E-state index is -0.0208. The number of hydrazine groups is 1. The Morgan fingerprint density at radius 1 is 1.47 bits per heavy atom. The van der Waals surface area contributed by atoms with Gasteiger partial charge >= 0.3 is 0 Å². The summed E-state index contributed by atoms with van der Waals surface area (Å²) in [5, 5.41) is 3.22.